The molecule has 8 heteroatoms. The maximum Gasteiger partial charge on any atom is 0.305 e. The molecule has 1 amide bonds. The Balaban J connectivity index is 1.43. The third-order valence-electron chi connectivity index (χ3n) is 8.26. The molecule has 2 bridgehead atoms. The van der Waals surface area contributed by atoms with Gasteiger partial charge in [-0.1, -0.05) is 44.2 Å². The summed E-state index contributed by atoms with van der Waals surface area (Å²) >= 11 is 0. The number of carboxylic acid groups (broad SMARTS) is 1. The maximum absolute atomic E-state index is 13.6. The highest BCUT2D eigenvalue weighted by Crippen LogP contribution is 2.44. The van der Waals surface area contributed by atoms with E-state index in [4.69, 9.17) is 5.11 Å². The Morgan fingerprint density at radius 2 is 1.57 bits per heavy atom. The molecule has 35 heavy (non-hydrogen) atoms. The highest BCUT2D eigenvalue weighted by Gasteiger charge is 2.44. The average molecular weight is 481 g/mol. The van der Waals surface area contributed by atoms with Gasteiger partial charge in [-0.3, -0.25) is 19.3 Å². The van der Waals surface area contributed by atoms with Crippen LogP contribution in [0.5, 0.6) is 0 Å². The Morgan fingerprint density at radius 1 is 0.914 bits per heavy atom. The molecule has 0 spiro atoms. The molecule has 2 saturated heterocycles. The number of rotatable bonds is 6. The number of carboxylic acids is 1. The van der Waals surface area contributed by atoms with Crippen molar-refractivity contribution in [1.82, 2.24) is 19.8 Å². The minimum Gasteiger partial charge on any atom is -0.481 e. The summed E-state index contributed by atoms with van der Waals surface area (Å²) in [5.74, 6) is -1.61. The first kappa shape index (κ1) is 24.0. The van der Waals surface area contributed by atoms with Gasteiger partial charge in [0.2, 0.25) is 0 Å². The molecule has 2 aromatic rings. The standard InChI is InChI=1S/C27H36N4O4/c32-24(33)14-15-28-26(34)25-27(35)31(23-11-7-6-10-22(23)29-25)21-16-19-12-13-20(17-21)30(19)18-8-4-2-1-3-5-9-18/h6-7,10-11,18-21H,1-5,8-9,12-17H2,(H,28,34)(H,32,33)/t19-,20+,21+. The molecule has 188 valence electrons. The summed E-state index contributed by atoms with van der Waals surface area (Å²) in [6.07, 6.45) is 13.3. The molecule has 5 rings (SSSR count). The van der Waals surface area contributed by atoms with Crippen LogP contribution in [0.1, 0.15) is 93.6 Å². The zero-order valence-electron chi connectivity index (χ0n) is 20.3. The van der Waals surface area contributed by atoms with E-state index in [1.165, 1.54) is 57.8 Å². The van der Waals surface area contributed by atoms with Crippen molar-refractivity contribution in [1.29, 1.82) is 0 Å². The highest BCUT2D eigenvalue weighted by molar-refractivity contribution is 5.94. The Bertz CT molecular complexity index is 1120. The topological polar surface area (TPSA) is 105 Å². The number of aliphatic carboxylic acids is 1. The van der Waals surface area contributed by atoms with Gasteiger partial charge in [0.15, 0.2) is 5.69 Å². The fraction of sp³-hybridized carbons (Fsp3) is 0.630. The molecule has 0 radical (unpaired) electrons. The van der Waals surface area contributed by atoms with Crippen LogP contribution in [0.2, 0.25) is 0 Å². The molecule has 1 aromatic heterocycles. The zero-order chi connectivity index (χ0) is 24.4. The van der Waals surface area contributed by atoms with Crippen LogP contribution in [0.25, 0.3) is 11.0 Å². The molecule has 2 N–H and O–H groups in total. The monoisotopic (exact) mass is 480 g/mol. The molecule has 3 atom stereocenters. The predicted molar refractivity (Wildman–Crippen MR) is 134 cm³/mol. The molecule has 1 aliphatic carbocycles. The number of carbonyl (C=O) groups excluding carboxylic acids is 1. The van der Waals surface area contributed by atoms with E-state index in [0.717, 1.165) is 18.4 Å². The molecule has 1 aromatic carbocycles. The van der Waals surface area contributed by atoms with E-state index in [9.17, 15) is 14.4 Å². The van der Waals surface area contributed by atoms with E-state index in [1.54, 1.807) is 0 Å². The van der Waals surface area contributed by atoms with Gasteiger partial charge in [0.25, 0.3) is 11.5 Å². The van der Waals surface area contributed by atoms with Gasteiger partial charge in [0, 0.05) is 30.7 Å². The third-order valence-corrected chi connectivity index (χ3v) is 8.26. The summed E-state index contributed by atoms with van der Waals surface area (Å²) in [6, 6.07) is 9.17. The molecular weight excluding hydrogens is 444 g/mol. The summed E-state index contributed by atoms with van der Waals surface area (Å²) in [5, 5.41) is 11.4. The lowest BCUT2D eigenvalue weighted by atomic mass is 9.89. The van der Waals surface area contributed by atoms with Gasteiger partial charge in [-0.2, -0.15) is 0 Å². The van der Waals surface area contributed by atoms with Gasteiger partial charge in [-0.05, 0) is 50.7 Å². The van der Waals surface area contributed by atoms with E-state index in [1.807, 2.05) is 28.8 Å². The van der Waals surface area contributed by atoms with Gasteiger partial charge in [-0.25, -0.2) is 4.98 Å². The molecule has 1 saturated carbocycles. The lowest BCUT2D eigenvalue weighted by Gasteiger charge is -2.45. The Morgan fingerprint density at radius 3 is 2.26 bits per heavy atom. The summed E-state index contributed by atoms with van der Waals surface area (Å²) < 4.78 is 1.81. The van der Waals surface area contributed by atoms with Gasteiger partial charge >= 0.3 is 5.97 Å². The first-order chi connectivity index (χ1) is 17.0. The summed E-state index contributed by atoms with van der Waals surface area (Å²) in [6.45, 7) is -0.0357. The second kappa shape index (κ2) is 10.5. The number of nitrogens with zero attached hydrogens (tertiary/aromatic N) is 3. The first-order valence-corrected chi connectivity index (χ1v) is 13.3. The fourth-order valence-corrected chi connectivity index (χ4v) is 6.76. The molecule has 3 heterocycles. The molecule has 8 nitrogen and oxygen atoms in total. The van der Waals surface area contributed by atoms with Gasteiger partial charge in [-0.15, -0.1) is 0 Å². The second-order valence-corrected chi connectivity index (χ2v) is 10.5. The first-order valence-electron chi connectivity index (χ1n) is 13.3. The van der Waals surface area contributed by atoms with Crippen molar-refractivity contribution in [2.45, 2.75) is 101 Å². The number of carbonyl (C=O) groups is 2. The maximum atomic E-state index is 13.6. The normalized spacial score (nSPS) is 25.8. The lowest BCUT2D eigenvalue weighted by Crippen LogP contribution is -2.50. The van der Waals surface area contributed by atoms with Crippen LogP contribution in [0.3, 0.4) is 0 Å². The van der Waals surface area contributed by atoms with E-state index in [0.29, 0.717) is 23.6 Å². The SMILES string of the molecule is O=C(O)CCNC(=O)c1nc2ccccc2n([C@H]2C[C@H]3CC[C@@H](C2)N3C2CCCCCCC2)c1=O. The highest BCUT2D eigenvalue weighted by atomic mass is 16.4. The van der Waals surface area contributed by atoms with E-state index in [2.05, 4.69) is 15.2 Å². The van der Waals surface area contributed by atoms with Crippen LogP contribution in [-0.4, -0.2) is 56.1 Å². The Labute approximate surface area is 205 Å². The van der Waals surface area contributed by atoms with Crippen LogP contribution in [0.15, 0.2) is 29.1 Å². The van der Waals surface area contributed by atoms with E-state index < -0.39 is 11.9 Å². The van der Waals surface area contributed by atoms with Crippen molar-refractivity contribution in [2.24, 2.45) is 0 Å². The Hall–Kier alpha value is -2.74. The fourth-order valence-electron chi connectivity index (χ4n) is 6.76. The quantitative estimate of drug-likeness (QED) is 0.650. The third kappa shape index (κ3) is 4.99. The van der Waals surface area contributed by atoms with Crippen molar-refractivity contribution in [3.63, 3.8) is 0 Å². The average Bonchev–Trinajstić information content (AvgIpc) is 3.07. The number of hydrogen-bond acceptors (Lipinski definition) is 5. The number of amides is 1. The number of nitrogens with one attached hydrogen (secondary N) is 1. The van der Waals surface area contributed by atoms with Gasteiger partial charge < -0.3 is 15.0 Å². The predicted octanol–water partition coefficient (Wildman–Crippen LogP) is 3.88. The van der Waals surface area contributed by atoms with Crippen molar-refractivity contribution in [2.75, 3.05) is 6.54 Å². The van der Waals surface area contributed by atoms with Crippen LogP contribution in [-0.2, 0) is 4.79 Å². The van der Waals surface area contributed by atoms with Gasteiger partial charge in [0.1, 0.15) is 0 Å². The van der Waals surface area contributed by atoms with Crippen LogP contribution in [0, 0.1) is 0 Å². The van der Waals surface area contributed by atoms with Crippen LogP contribution >= 0.6 is 0 Å². The van der Waals surface area contributed by atoms with Crippen LogP contribution in [0.4, 0.5) is 0 Å². The van der Waals surface area contributed by atoms with E-state index in [-0.39, 0.29) is 30.3 Å². The largest absolute Gasteiger partial charge is 0.481 e. The summed E-state index contributed by atoms with van der Waals surface area (Å²) in [4.78, 5) is 44.4. The smallest absolute Gasteiger partial charge is 0.305 e. The number of hydrogen-bond donors (Lipinski definition) is 2. The van der Waals surface area contributed by atoms with Crippen molar-refractivity contribution < 1.29 is 14.7 Å². The number of fused-ring (bicyclic) bond motifs is 3. The summed E-state index contributed by atoms with van der Waals surface area (Å²) in [7, 11) is 0. The number of para-hydroxylation sites is 2. The number of benzene rings is 1. The number of aromatic nitrogens is 2. The van der Waals surface area contributed by atoms with Crippen LogP contribution < -0.4 is 10.9 Å². The van der Waals surface area contributed by atoms with Crippen molar-refractivity contribution in [3.8, 4) is 0 Å². The minimum atomic E-state index is -0.999. The lowest BCUT2D eigenvalue weighted by molar-refractivity contribution is -0.136. The number of piperidine rings is 1. The second-order valence-electron chi connectivity index (χ2n) is 10.5. The van der Waals surface area contributed by atoms with Crippen molar-refractivity contribution >= 4 is 22.9 Å². The molecule has 3 fully saturated rings. The molecule has 3 aliphatic rings. The summed E-state index contributed by atoms with van der Waals surface area (Å²) in [5.41, 5.74) is 0.859. The molecule has 2 aliphatic heterocycles. The minimum absolute atomic E-state index is 0.0308. The van der Waals surface area contributed by atoms with Gasteiger partial charge in [0.05, 0.1) is 17.5 Å². The zero-order valence-corrected chi connectivity index (χ0v) is 20.3. The molecule has 0 unspecified atom stereocenters. The molecular formula is C27H36N4O4. The Kier molecular flexibility index (Phi) is 7.18. The van der Waals surface area contributed by atoms with Crippen molar-refractivity contribution in [3.05, 3.63) is 40.3 Å². The van der Waals surface area contributed by atoms with E-state index >= 15 is 0 Å².